The fourth-order valence-corrected chi connectivity index (χ4v) is 3.10. The molecule has 1 amide bonds. The Labute approximate surface area is 159 Å². The minimum atomic E-state index is -0.461. The summed E-state index contributed by atoms with van der Waals surface area (Å²) in [6.45, 7) is 2.27. The van der Waals surface area contributed by atoms with Gasteiger partial charge in [0.05, 0.1) is 17.9 Å². The van der Waals surface area contributed by atoms with Crippen molar-refractivity contribution < 1.29 is 14.3 Å². The normalized spacial score (nSPS) is 10.9. The van der Waals surface area contributed by atoms with E-state index in [0.717, 1.165) is 11.0 Å². The zero-order valence-electron chi connectivity index (χ0n) is 15.0. The lowest BCUT2D eigenvalue weighted by molar-refractivity contribution is -0.143. The highest BCUT2D eigenvalue weighted by Crippen LogP contribution is 2.17. The topological polar surface area (TPSA) is 117 Å². The van der Waals surface area contributed by atoms with Crippen LogP contribution in [0, 0.1) is 0 Å². The molecule has 0 bridgehead atoms. The molecule has 1 N–H and O–H groups in total. The molecule has 0 unspecified atom stereocenters. The fourth-order valence-electron chi connectivity index (χ4n) is 2.34. The number of thioether (sulfide) groups is 1. The Hall–Kier alpha value is -2.95. The Balaban J connectivity index is 1.57. The number of esters is 1. The third-order valence-electron chi connectivity index (χ3n) is 3.70. The Morgan fingerprint density at radius 2 is 2.04 bits per heavy atom. The first-order valence-electron chi connectivity index (χ1n) is 8.30. The van der Waals surface area contributed by atoms with E-state index in [1.165, 1.54) is 11.8 Å². The molecule has 0 atom stereocenters. The van der Waals surface area contributed by atoms with Crippen LogP contribution in [0.15, 0.2) is 29.4 Å². The van der Waals surface area contributed by atoms with Crippen molar-refractivity contribution >= 4 is 34.7 Å². The monoisotopic (exact) mass is 389 g/mol. The van der Waals surface area contributed by atoms with Crippen LogP contribution in [-0.2, 0) is 27.9 Å². The zero-order valence-corrected chi connectivity index (χ0v) is 15.8. The number of fused-ring (bicyclic) bond motifs is 1. The van der Waals surface area contributed by atoms with E-state index < -0.39 is 5.97 Å². The number of hydrogen-bond acceptors (Lipinski definition) is 8. The lowest BCUT2D eigenvalue weighted by atomic mass is 10.3. The lowest BCUT2D eigenvalue weighted by Gasteiger charge is -2.06. The second-order valence-electron chi connectivity index (χ2n) is 5.56. The number of carbonyl (C=O) groups excluding carboxylic acids is 2. The van der Waals surface area contributed by atoms with Crippen LogP contribution in [-0.4, -0.2) is 60.5 Å². The number of para-hydroxylation sites is 1. The molecule has 27 heavy (non-hydrogen) atoms. The number of ether oxygens (including phenoxy) is 1. The van der Waals surface area contributed by atoms with Crippen molar-refractivity contribution in [1.29, 1.82) is 0 Å². The van der Waals surface area contributed by atoms with Crippen LogP contribution < -0.4 is 5.32 Å². The van der Waals surface area contributed by atoms with Crippen LogP contribution in [0.25, 0.3) is 11.0 Å². The number of amides is 1. The van der Waals surface area contributed by atoms with Crippen LogP contribution in [0.3, 0.4) is 0 Å². The minimum absolute atomic E-state index is 0.123. The van der Waals surface area contributed by atoms with E-state index in [-0.39, 0.29) is 24.8 Å². The molecule has 142 valence electrons. The minimum Gasteiger partial charge on any atom is -0.465 e. The number of carbonyl (C=O) groups is 2. The number of nitrogens with zero attached hydrogens (tertiary/aromatic N) is 6. The molecule has 0 saturated carbocycles. The van der Waals surface area contributed by atoms with Crippen molar-refractivity contribution in [3.8, 4) is 0 Å². The van der Waals surface area contributed by atoms with Gasteiger partial charge < -0.3 is 14.6 Å². The SMILES string of the molecule is CCOC(=O)CNC(=O)CSc1nnc(Cn2nnc3ccccc32)n1C. The average Bonchev–Trinajstić information content (AvgIpc) is 3.23. The molecule has 3 rings (SSSR count). The fraction of sp³-hybridized carbons (Fsp3) is 0.375. The van der Waals surface area contributed by atoms with Gasteiger partial charge in [0.15, 0.2) is 11.0 Å². The highest BCUT2D eigenvalue weighted by Gasteiger charge is 2.14. The van der Waals surface area contributed by atoms with Crippen LogP contribution in [0.4, 0.5) is 0 Å². The van der Waals surface area contributed by atoms with Gasteiger partial charge in [-0.05, 0) is 19.1 Å². The van der Waals surface area contributed by atoms with Gasteiger partial charge in [-0.3, -0.25) is 9.59 Å². The first-order valence-corrected chi connectivity index (χ1v) is 9.28. The maximum atomic E-state index is 11.8. The Morgan fingerprint density at radius 1 is 1.22 bits per heavy atom. The first kappa shape index (κ1) is 18.8. The summed E-state index contributed by atoms with van der Waals surface area (Å²) < 4.78 is 8.31. The highest BCUT2D eigenvalue weighted by molar-refractivity contribution is 7.99. The van der Waals surface area contributed by atoms with Crippen LogP contribution in [0.1, 0.15) is 12.7 Å². The predicted octanol–water partition coefficient (Wildman–Crippen LogP) is 0.379. The molecule has 0 saturated heterocycles. The van der Waals surface area contributed by atoms with Gasteiger partial charge in [0, 0.05) is 7.05 Å². The molecule has 3 aromatic rings. The summed E-state index contributed by atoms with van der Waals surface area (Å²) in [5, 5.41) is 19.7. The summed E-state index contributed by atoms with van der Waals surface area (Å²) in [5.41, 5.74) is 1.72. The second-order valence-corrected chi connectivity index (χ2v) is 6.51. The molecular weight excluding hydrogens is 370 g/mol. The quantitative estimate of drug-likeness (QED) is 0.434. The molecule has 0 aliphatic carbocycles. The first-order chi connectivity index (χ1) is 13.1. The summed E-state index contributed by atoms with van der Waals surface area (Å²) >= 11 is 1.24. The van der Waals surface area contributed by atoms with E-state index in [4.69, 9.17) is 4.74 Å². The van der Waals surface area contributed by atoms with Crippen molar-refractivity contribution in [3.63, 3.8) is 0 Å². The van der Waals surface area contributed by atoms with E-state index >= 15 is 0 Å². The third kappa shape index (κ3) is 4.61. The molecule has 2 aromatic heterocycles. The Kier molecular flexibility index (Phi) is 6.01. The van der Waals surface area contributed by atoms with Crippen molar-refractivity contribution in [2.45, 2.75) is 18.6 Å². The van der Waals surface area contributed by atoms with Gasteiger partial charge in [-0.1, -0.05) is 29.1 Å². The van der Waals surface area contributed by atoms with Gasteiger partial charge in [-0.2, -0.15) is 0 Å². The van der Waals surface area contributed by atoms with E-state index in [1.807, 2.05) is 31.3 Å². The summed E-state index contributed by atoms with van der Waals surface area (Å²) in [4.78, 5) is 23.1. The predicted molar refractivity (Wildman–Crippen MR) is 98.0 cm³/mol. The van der Waals surface area contributed by atoms with Crippen molar-refractivity contribution in [3.05, 3.63) is 30.1 Å². The van der Waals surface area contributed by atoms with E-state index in [9.17, 15) is 9.59 Å². The maximum absolute atomic E-state index is 11.8. The molecular formula is C16H19N7O3S. The number of nitrogens with one attached hydrogen (secondary N) is 1. The Morgan fingerprint density at radius 3 is 2.85 bits per heavy atom. The largest absolute Gasteiger partial charge is 0.465 e. The summed E-state index contributed by atoms with van der Waals surface area (Å²) in [6.07, 6.45) is 0. The maximum Gasteiger partial charge on any atom is 0.325 e. The standard InChI is InChI=1S/C16H19N7O3S/c1-3-26-15(25)8-17-14(24)10-27-16-20-19-13(22(16)2)9-23-12-7-5-4-6-11(12)18-21-23/h4-7H,3,8-10H2,1-2H3,(H,17,24). The molecule has 0 radical (unpaired) electrons. The van der Waals surface area contributed by atoms with E-state index in [2.05, 4.69) is 25.8 Å². The molecule has 0 aliphatic rings. The Bertz CT molecular complexity index is 953. The highest BCUT2D eigenvalue weighted by atomic mass is 32.2. The molecule has 11 heteroatoms. The number of aromatic nitrogens is 6. The molecule has 1 aromatic carbocycles. The van der Waals surface area contributed by atoms with Crippen molar-refractivity contribution in [2.24, 2.45) is 7.05 Å². The lowest BCUT2D eigenvalue weighted by Crippen LogP contribution is -2.31. The van der Waals surface area contributed by atoms with Gasteiger partial charge in [0.1, 0.15) is 18.6 Å². The summed E-state index contributed by atoms with van der Waals surface area (Å²) in [5.74, 6) is 0.0780. The molecule has 0 fully saturated rings. The van der Waals surface area contributed by atoms with Crippen molar-refractivity contribution in [1.82, 2.24) is 35.1 Å². The van der Waals surface area contributed by atoms with Crippen LogP contribution in [0.2, 0.25) is 0 Å². The van der Waals surface area contributed by atoms with Crippen molar-refractivity contribution in [2.75, 3.05) is 18.9 Å². The van der Waals surface area contributed by atoms with Gasteiger partial charge in [-0.25, -0.2) is 4.68 Å². The average molecular weight is 389 g/mol. The molecule has 0 spiro atoms. The zero-order chi connectivity index (χ0) is 19.2. The van der Waals surface area contributed by atoms with Gasteiger partial charge in [0.25, 0.3) is 0 Å². The summed E-state index contributed by atoms with van der Waals surface area (Å²) in [7, 11) is 1.83. The van der Waals surface area contributed by atoms with Gasteiger partial charge in [-0.15, -0.1) is 15.3 Å². The van der Waals surface area contributed by atoms with Gasteiger partial charge in [0.2, 0.25) is 5.91 Å². The molecule has 0 aliphatic heterocycles. The van der Waals surface area contributed by atoms with Crippen LogP contribution >= 0.6 is 11.8 Å². The number of benzene rings is 1. The molecule has 10 nitrogen and oxygen atoms in total. The smallest absolute Gasteiger partial charge is 0.325 e. The van der Waals surface area contributed by atoms with Crippen LogP contribution in [0.5, 0.6) is 0 Å². The third-order valence-corrected chi connectivity index (χ3v) is 4.72. The second kappa shape index (κ2) is 8.62. The number of rotatable bonds is 8. The molecule has 2 heterocycles. The van der Waals surface area contributed by atoms with E-state index in [1.54, 1.807) is 16.2 Å². The van der Waals surface area contributed by atoms with E-state index in [0.29, 0.717) is 17.5 Å². The summed E-state index contributed by atoms with van der Waals surface area (Å²) in [6, 6.07) is 7.67. The number of hydrogen-bond donors (Lipinski definition) is 1. The van der Waals surface area contributed by atoms with Gasteiger partial charge >= 0.3 is 5.97 Å².